The quantitative estimate of drug-likeness (QED) is 0.646. The van der Waals surface area contributed by atoms with E-state index >= 15 is 0 Å². The van der Waals surface area contributed by atoms with E-state index in [9.17, 15) is 23.1 Å². The van der Waals surface area contributed by atoms with Crippen molar-refractivity contribution < 1.29 is 23.1 Å². The van der Waals surface area contributed by atoms with Gasteiger partial charge in [0.15, 0.2) is 0 Å². The molecule has 7 nitrogen and oxygen atoms in total. The number of hydrogen-bond acceptors (Lipinski definition) is 5. The molecule has 1 N–H and O–H groups in total. The number of nitrogens with zero attached hydrogens (tertiary/aromatic N) is 2. The van der Waals surface area contributed by atoms with Crippen molar-refractivity contribution in [3.63, 3.8) is 0 Å². The van der Waals surface area contributed by atoms with Crippen molar-refractivity contribution in [3.8, 4) is 0 Å². The van der Waals surface area contributed by atoms with Gasteiger partial charge in [0.25, 0.3) is 0 Å². The molecule has 2 aliphatic heterocycles. The summed E-state index contributed by atoms with van der Waals surface area (Å²) in [6, 6.07) is 13.5. The molecule has 2 heterocycles. The van der Waals surface area contributed by atoms with Gasteiger partial charge in [-0.05, 0) is 55.4 Å². The molecule has 1 aliphatic carbocycles. The first kappa shape index (κ1) is 22.4. The molecule has 0 aromatic heterocycles. The number of rotatable bonds is 7. The smallest absolute Gasteiger partial charge is 0.322 e. The third-order valence-electron chi connectivity index (χ3n) is 6.57. The highest BCUT2D eigenvalue weighted by Gasteiger charge is 2.46. The maximum atomic E-state index is 13.7. The van der Waals surface area contributed by atoms with Crippen molar-refractivity contribution in [2.24, 2.45) is 5.92 Å². The minimum atomic E-state index is -4.07. The van der Waals surface area contributed by atoms with E-state index in [1.165, 1.54) is 16.1 Å². The zero-order valence-electron chi connectivity index (χ0n) is 18.1. The van der Waals surface area contributed by atoms with Crippen LogP contribution in [0.4, 0.5) is 5.69 Å². The predicted octanol–water partition coefficient (Wildman–Crippen LogP) is 3.14. The first-order valence-corrected chi connectivity index (χ1v) is 13.7. The number of thioether (sulfide) groups is 1. The third kappa shape index (κ3) is 4.29. The van der Waals surface area contributed by atoms with E-state index < -0.39 is 27.4 Å². The van der Waals surface area contributed by atoms with Crippen LogP contribution in [0.5, 0.6) is 0 Å². The summed E-state index contributed by atoms with van der Waals surface area (Å²) in [5, 5.41) is 9.30. The Kier molecular flexibility index (Phi) is 5.96. The number of amides is 1. The Balaban J connectivity index is 1.44. The number of hydrogen-bond donors (Lipinski definition) is 1. The minimum Gasteiger partial charge on any atom is -0.480 e. The van der Waals surface area contributed by atoms with Gasteiger partial charge >= 0.3 is 5.97 Å². The van der Waals surface area contributed by atoms with Crippen molar-refractivity contribution in [1.29, 1.82) is 0 Å². The molecule has 33 heavy (non-hydrogen) atoms. The molecule has 1 amide bonds. The SMILES string of the molecule is O=C(O)C1CSC(CCc2ccccc2)N1S(=O)(=O)c1ccc2c(c1)N(C(=O)C1CC1)CC2. The second-order valence-corrected chi connectivity index (χ2v) is 11.9. The lowest BCUT2D eigenvalue weighted by molar-refractivity contribution is -0.140. The molecule has 1 saturated carbocycles. The number of fused-ring (bicyclic) bond motifs is 1. The van der Waals surface area contributed by atoms with Crippen LogP contribution in [0.1, 0.15) is 30.4 Å². The average molecular weight is 487 g/mol. The summed E-state index contributed by atoms with van der Waals surface area (Å²) < 4.78 is 28.7. The molecule has 5 rings (SSSR count). The molecule has 2 atom stereocenters. The normalized spacial score (nSPS) is 23.0. The van der Waals surface area contributed by atoms with Gasteiger partial charge in [0.1, 0.15) is 6.04 Å². The van der Waals surface area contributed by atoms with Crippen molar-refractivity contribution in [3.05, 3.63) is 59.7 Å². The summed E-state index contributed by atoms with van der Waals surface area (Å²) >= 11 is 1.37. The van der Waals surface area contributed by atoms with E-state index in [1.807, 2.05) is 30.3 Å². The summed E-state index contributed by atoms with van der Waals surface area (Å²) in [5.74, 6) is -0.820. The number of carboxylic acids is 1. The monoisotopic (exact) mass is 486 g/mol. The molecule has 9 heteroatoms. The minimum absolute atomic E-state index is 0.0463. The molecule has 2 aromatic rings. The number of benzene rings is 2. The fraction of sp³-hybridized carbons (Fsp3) is 0.417. The van der Waals surface area contributed by atoms with Gasteiger partial charge in [-0.15, -0.1) is 11.8 Å². The van der Waals surface area contributed by atoms with E-state index in [0.717, 1.165) is 24.0 Å². The van der Waals surface area contributed by atoms with Gasteiger partial charge in [-0.3, -0.25) is 9.59 Å². The molecule has 174 valence electrons. The Bertz CT molecular complexity index is 1180. The van der Waals surface area contributed by atoms with Crippen LogP contribution in [0, 0.1) is 5.92 Å². The van der Waals surface area contributed by atoms with Gasteiger partial charge in [0, 0.05) is 23.9 Å². The molecular formula is C24H26N2O5S2. The van der Waals surface area contributed by atoms with Crippen LogP contribution < -0.4 is 4.90 Å². The van der Waals surface area contributed by atoms with Crippen LogP contribution in [-0.4, -0.2) is 53.4 Å². The largest absolute Gasteiger partial charge is 0.480 e. The van der Waals surface area contributed by atoms with Crippen LogP contribution in [0.3, 0.4) is 0 Å². The maximum Gasteiger partial charge on any atom is 0.322 e. The Morgan fingerprint density at radius 1 is 1.09 bits per heavy atom. The van der Waals surface area contributed by atoms with Crippen molar-refractivity contribution in [2.45, 2.75) is 48.4 Å². The standard InChI is InChI=1S/C24H26N2O5S2/c27-23(18-7-8-18)25-13-12-17-9-10-19(14-20(17)25)33(30,31)26-21(24(28)29)15-32-22(26)11-6-16-4-2-1-3-5-16/h1-5,9-10,14,18,21-22H,6-8,11-13,15H2,(H,28,29). The third-order valence-corrected chi connectivity index (χ3v) is 9.97. The summed E-state index contributed by atoms with van der Waals surface area (Å²) in [5.41, 5.74) is 2.68. The van der Waals surface area contributed by atoms with Crippen LogP contribution in [0.2, 0.25) is 0 Å². The second-order valence-electron chi connectivity index (χ2n) is 8.81. The maximum absolute atomic E-state index is 13.7. The van der Waals surface area contributed by atoms with Crippen molar-refractivity contribution >= 4 is 39.3 Å². The Hall–Kier alpha value is -2.36. The van der Waals surface area contributed by atoms with Crippen LogP contribution in [0.15, 0.2) is 53.4 Å². The molecule has 2 aromatic carbocycles. The highest BCUT2D eigenvalue weighted by atomic mass is 32.2. The van der Waals surface area contributed by atoms with Gasteiger partial charge in [0.2, 0.25) is 15.9 Å². The number of carbonyl (C=O) groups excluding carboxylic acids is 1. The van der Waals surface area contributed by atoms with Gasteiger partial charge < -0.3 is 10.0 Å². The first-order valence-electron chi connectivity index (χ1n) is 11.2. The molecule has 0 spiro atoms. The number of sulfonamides is 1. The van der Waals surface area contributed by atoms with Crippen LogP contribution in [-0.2, 0) is 32.5 Å². The molecule has 1 saturated heterocycles. The first-order chi connectivity index (χ1) is 15.9. The van der Waals surface area contributed by atoms with E-state index in [0.29, 0.717) is 31.5 Å². The summed E-state index contributed by atoms with van der Waals surface area (Å²) in [6.07, 6.45) is 3.65. The van der Waals surface area contributed by atoms with Crippen LogP contribution >= 0.6 is 11.8 Å². The van der Waals surface area contributed by atoms with Crippen molar-refractivity contribution in [1.82, 2.24) is 4.31 Å². The lowest BCUT2D eigenvalue weighted by atomic mass is 10.1. The molecule has 3 aliphatic rings. The van der Waals surface area contributed by atoms with E-state index in [1.54, 1.807) is 23.1 Å². The molecule has 0 bridgehead atoms. The number of anilines is 1. The fourth-order valence-electron chi connectivity index (χ4n) is 4.62. The van der Waals surface area contributed by atoms with Gasteiger partial charge in [-0.1, -0.05) is 36.4 Å². The van der Waals surface area contributed by atoms with Crippen LogP contribution in [0.25, 0.3) is 0 Å². The van der Waals surface area contributed by atoms with Crippen molar-refractivity contribution in [2.75, 3.05) is 17.2 Å². The molecule has 0 radical (unpaired) electrons. The fourth-order valence-corrected chi connectivity index (χ4v) is 8.18. The summed E-state index contributed by atoms with van der Waals surface area (Å²) in [4.78, 5) is 26.4. The number of aliphatic carboxylic acids is 1. The van der Waals surface area contributed by atoms with E-state index in [4.69, 9.17) is 0 Å². The Labute approximate surface area is 197 Å². The predicted molar refractivity (Wildman–Crippen MR) is 127 cm³/mol. The number of aryl methyl sites for hydroxylation is 1. The second kappa shape index (κ2) is 8.77. The average Bonchev–Trinajstić information content (AvgIpc) is 3.42. The summed E-state index contributed by atoms with van der Waals surface area (Å²) in [6.45, 7) is 0.561. The van der Waals surface area contributed by atoms with Gasteiger partial charge in [-0.25, -0.2) is 8.42 Å². The highest BCUT2D eigenvalue weighted by Crippen LogP contribution is 2.40. The molecular weight excluding hydrogens is 460 g/mol. The topological polar surface area (TPSA) is 95.0 Å². The lowest BCUT2D eigenvalue weighted by Gasteiger charge is -2.27. The van der Waals surface area contributed by atoms with E-state index in [-0.39, 0.29) is 22.5 Å². The van der Waals surface area contributed by atoms with Gasteiger partial charge in [0.05, 0.1) is 10.3 Å². The van der Waals surface area contributed by atoms with Gasteiger partial charge in [-0.2, -0.15) is 4.31 Å². The highest BCUT2D eigenvalue weighted by molar-refractivity contribution is 8.01. The number of carboxylic acid groups (broad SMARTS) is 1. The summed E-state index contributed by atoms with van der Waals surface area (Å²) in [7, 11) is -4.07. The van der Waals surface area contributed by atoms with E-state index in [2.05, 4.69) is 0 Å². The lowest BCUT2D eigenvalue weighted by Crippen LogP contribution is -2.45. The molecule has 2 fully saturated rings. The zero-order valence-corrected chi connectivity index (χ0v) is 19.7. The number of carbonyl (C=O) groups is 2. The Morgan fingerprint density at radius 2 is 1.85 bits per heavy atom. The Morgan fingerprint density at radius 3 is 2.55 bits per heavy atom. The molecule has 2 unspecified atom stereocenters. The zero-order chi connectivity index (χ0) is 23.2.